The second-order valence-corrected chi connectivity index (χ2v) is 4.74. The highest BCUT2D eigenvalue weighted by Gasteiger charge is 2.32. The molecule has 22 heavy (non-hydrogen) atoms. The summed E-state index contributed by atoms with van der Waals surface area (Å²) in [5, 5.41) is 13.3. The monoisotopic (exact) mass is 318 g/mol. The van der Waals surface area contributed by atoms with Crippen molar-refractivity contribution in [3.05, 3.63) is 29.3 Å². The number of carbonyl (C=O) groups excluding carboxylic acids is 2. The number of hydrogen-bond acceptors (Lipinski definition) is 3. The zero-order valence-corrected chi connectivity index (χ0v) is 12.1. The molecule has 0 spiro atoms. The molecule has 1 unspecified atom stereocenters. The van der Waals surface area contributed by atoms with E-state index in [-0.39, 0.29) is 17.9 Å². The van der Waals surface area contributed by atoms with E-state index >= 15 is 0 Å². The van der Waals surface area contributed by atoms with Gasteiger partial charge in [-0.05, 0) is 31.0 Å². The molecule has 0 fully saturated rings. The number of aliphatic hydroxyl groups excluding tert-OH is 1. The van der Waals surface area contributed by atoms with Gasteiger partial charge in [0.05, 0.1) is 18.2 Å². The van der Waals surface area contributed by atoms with E-state index in [0.29, 0.717) is 6.42 Å². The molecule has 1 aromatic carbocycles. The summed E-state index contributed by atoms with van der Waals surface area (Å²) in [5.74, 6) is -2.11. The molecule has 0 saturated heterocycles. The van der Waals surface area contributed by atoms with Gasteiger partial charge in [-0.1, -0.05) is 13.0 Å². The fourth-order valence-corrected chi connectivity index (χ4v) is 1.72. The average Bonchev–Trinajstić information content (AvgIpc) is 2.45. The van der Waals surface area contributed by atoms with Crippen LogP contribution in [-0.2, 0) is 15.8 Å². The first-order valence-electron chi connectivity index (χ1n) is 6.59. The summed E-state index contributed by atoms with van der Waals surface area (Å²) in [6, 6.07) is 2.67. The first kappa shape index (κ1) is 18.0. The molecule has 0 radical (unpaired) electrons. The number of amides is 2. The number of rotatable bonds is 4. The van der Waals surface area contributed by atoms with E-state index in [9.17, 15) is 22.8 Å². The molecule has 0 aliphatic carbocycles. The van der Waals surface area contributed by atoms with Gasteiger partial charge in [0, 0.05) is 5.69 Å². The normalized spacial score (nSPS) is 12.6. The van der Waals surface area contributed by atoms with Gasteiger partial charge in [0.2, 0.25) is 0 Å². The zero-order chi connectivity index (χ0) is 16.9. The third kappa shape index (κ3) is 4.73. The van der Waals surface area contributed by atoms with Gasteiger partial charge in [0.1, 0.15) is 0 Å². The Labute approximate surface area is 125 Å². The maximum absolute atomic E-state index is 12.8. The van der Waals surface area contributed by atoms with Gasteiger partial charge in [0.15, 0.2) is 0 Å². The number of hydrogen-bond donors (Lipinski definition) is 3. The van der Waals surface area contributed by atoms with Gasteiger partial charge in [-0.25, -0.2) is 0 Å². The number of aryl methyl sites for hydroxylation is 1. The molecule has 1 rings (SSSR count). The van der Waals surface area contributed by atoms with Gasteiger partial charge < -0.3 is 15.7 Å². The van der Waals surface area contributed by atoms with Crippen LogP contribution < -0.4 is 10.6 Å². The molecule has 0 aromatic heterocycles. The van der Waals surface area contributed by atoms with Crippen LogP contribution in [0.1, 0.15) is 24.5 Å². The van der Waals surface area contributed by atoms with Crippen LogP contribution >= 0.6 is 0 Å². The van der Waals surface area contributed by atoms with Crippen molar-refractivity contribution in [2.24, 2.45) is 0 Å². The first-order chi connectivity index (χ1) is 10.2. The van der Waals surface area contributed by atoms with E-state index < -0.39 is 29.6 Å². The van der Waals surface area contributed by atoms with Crippen molar-refractivity contribution in [2.75, 3.05) is 11.9 Å². The summed E-state index contributed by atoms with van der Waals surface area (Å²) >= 11 is 0. The molecule has 3 N–H and O–H groups in total. The molecule has 2 amide bonds. The van der Waals surface area contributed by atoms with E-state index in [0.717, 1.165) is 6.07 Å². The Hall–Kier alpha value is -2.09. The quantitative estimate of drug-likeness (QED) is 0.741. The summed E-state index contributed by atoms with van der Waals surface area (Å²) in [7, 11) is 0. The van der Waals surface area contributed by atoms with Crippen LogP contribution in [0, 0.1) is 6.92 Å². The van der Waals surface area contributed by atoms with Crippen LogP contribution in [0.25, 0.3) is 0 Å². The number of anilines is 1. The fraction of sp³-hybridized carbons (Fsp3) is 0.429. The lowest BCUT2D eigenvalue weighted by molar-refractivity contribution is -0.138. The summed E-state index contributed by atoms with van der Waals surface area (Å²) < 4.78 is 38.3. The van der Waals surface area contributed by atoms with Crippen LogP contribution in [0.3, 0.4) is 0 Å². The van der Waals surface area contributed by atoms with Gasteiger partial charge in [0.25, 0.3) is 0 Å². The molecule has 0 saturated carbocycles. The van der Waals surface area contributed by atoms with Crippen molar-refractivity contribution in [3.63, 3.8) is 0 Å². The maximum atomic E-state index is 12.8. The van der Waals surface area contributed by atoms with Crippen molar-refractivity contribution in [3.8, 4) is 0 Å². The highest BCUT2D eigenvalue weighted by Crippen LogP contribution is 2.33. The molecule has 0 bridgehead atoms. The average molecular weight is 318 g/mol. The van der Waals surface area contributed by atoms with Crippen molar-refractivity contribution in [1.29, 1.82) is 0 Å². The largest absolute Gasteiger partial charge is 0.416 e. The standard InChI is InChI=1S/C14H17F3N2O3/c1-3-9(7-20)18-12(21)13(22)19-10-5-4-8(2)11(6-10)14(15,16)17/h4-6,9,20H,3,7H2,1-2H3,(H,18,21)(H,19,22). The fourth-order valence-electron chi connectivity index (χ4n) is 1.72. The molecule has 8 heteroatoms. The third-order valence-corrected chi connectivity index (χ3v) is 3.06. The van der Waals surface area contributed by atoms with E-state index in [2.05, 4.69) is 10.6 Å². The number of nitrogens with one attached hydrogen (secondary N) is 2. The second-order valence-electron chi connectivity index (χ2n) is 4.74. The van der Waals surface area contributed by atoms with Crippen LogP contribution in [0.4, 0.5) is 18.9 Å². The Morgan fingerprint density at radius 1 is 1.27 bits per heavy atom. The molecule has 122 valence electrons. The molecule has 0 heterocycles. The van der Waals surface area contributed by atoms with Crippen LogP contribution in [0.2, 0.25) is 0 Å². The second kappa shape index (κ2) is 7.26. The van der Waals surface area contributed by atoms with E-state index in [1.54, 1.807) is 6.92 Å². The number of aliphatic hydroxyl groups is 1. The van der Waals surface area contributed by atoms with Crippen molar-refractivity contribution >= 4 is 17.5 Å². The number of halogens is 3. The highest BCUT2D eigenvalue weighted by molar-refractivity contribution is 6.39. The van der Waals surface area contributed by atoms with Crippen molar-refractivity contribution in [2.45, 2.75) is 32.5 Å². The van der Waals surface area contributed by atoms with Gasteiger partial charge >= 0.3 is 18.0 Å². The summed E-state index contributed by atoms with van der Waals surface area (Å²) in [4.78, 5) is 23.2. The predicted molar refractivity (Wildman–Crippen MR) is 74.1 cm³/mol. The molecule has 0 aliphatic rings. The zero-order valence-electron chi connectivity index (χ0n) is 12.1. The Kier molecular flexibility index (Phi) is 5.92. The maximum Gasteiger partial charge on any atom is 0.416 e. The molecule has 0 aliphatic heterocycles. The number of carbonyl (C=O) groups is 2. The van der Waals surface area contributed by atoms with Gasteiger partial charge in [-0.3, -0.25) is 9.59 Å². The summed E-state index contributed by atoms with van der Waals surface area (Å²) in [6.45, 7) is 2.67. The lowest BCUT2D eigenvalue weighted by Gasteiger charge is -2.15. The molecule has 1 aromatic rings. The van der Waals surface area contributed by atoms with E-state index in [4.69, 9.17) is 5.11 Å². The predicted octanol–water partition coefficient (Wildman–Crippen LogP) is 1.84. The molecular weight excluding hydrogens is 301 g/mol. The smallest absolute Gasteiger partial charge is 0.394 e. The minimum atomic E-state index is -4.54. The van der Waals surface area contributed by atoms with Crippen molar-refractivity contribution in [1.82, 2.24) is 5.32 Å². The SMILES string of the molecule is CCC(CO)NC(=O)C(=O)Nc1ccc(C)c(C(F)(F)F)c1. The molecule has 5 nitrogen and oxygen atoms in total. The van der Waals surface area contributed by atoms with Crippen LogP contribution in [0.15, 0.2) is 18.2 Å². The molecule has 1 atom stereocenters. The Morgan fingerprint density at radius 2 is 1.91 bits per heavy atom. The number of benzene rings is 1. The van der Waals surface area contributed by atoms with Crippen LogP contribution in [0.5, 0.6) is 0 Å². The first-order valence-corrected chi connectivity index (χ1v) is 6.59. The highest BCUT2D eigenvalue weighted by atomic mass is 19.4. The van der Waals surface area contributed by atoms with Gasteiger partial charge in [-0.15, -0.1) is 0 Å². The van der Waals surface area contributed by atoms with E-state index in [1.807, 2.05) is 0 Å². The topological polar surface area (TPSA) is 78.4 Å². The Balaban J connectivity index is 2.83. The third-order valence-electron chi connectivity index (χ3n) is 3.06. The summed E-state index contributed by atoms with van der Waals surface area (Å²) in [5.41, 5.74) is -0.996. The Morgan fingerprint density at radius 3 is 2.41 bits per heavy atom. The molecular formula is C14H17F3N2O3. The minimum absolute atomic E-state index is 0.0151. The lowest BCUT2D eigenvalue weighted by atomic mass is 10.1. The van der Waals surface area contributed by atoms with Crippen LogP contribution in [-0.4, -0.2) is 29.6 Å². The summed E-state index contributed by atoms with van der Waals surface area (Å²) in [6.07, 6.45) is -4.13. The minimum Gasteiger partial charge on any atom is -0.394 e. The lowest BCUT2D eigenvalue weighted by Crippen LogP contribution is -2.43. The van der Waals surface area contributed by atoms with Gasteiger partial charge in [-0.2, -0.15) is 13.2 Å². The van der Waals surface area contributed by atoms with Crippen molar-refractivity contribution < 1.29 is 27.9 Å². The Bertz CT molecular complexity index is 555. The van der Waals surface area contributed by atoms with E-state index in [1.165, 1.54) is 19.1 Å². The number of alkyl halides is 3.